The summed E-state index contributed by atoms with van der Waals surface area (Å²) < 4.78 is 4.68. The van der Waals surface area contributed by atoms with Gasteiger partial charge in [-0.15, -0.1) is 0 Å². The number of ether oxygens (including phenoxy) is 1. The van der Waals surface area contributed by atoms with Gasteiger partial charge in [0.15, 0.2) is 5.60 Å². The van der Waals surface area contributed by atoms with Crippen molar-refractivity contribution in [1.29, 1.82) is 0 Å². The monoisotopic (exact) mass is 527 g/mol. The lowest BCUT2D eigenvalue weighted by Crippen LogP contribution is -2.45. The number of aliphatic hydroxyl groups excluding tert-OH is 1. The first-order valence-corrected chi connectivity index (χ1v) is 13.3. The van der Waals surface area contributed by atoms with E-state index in [-0.39, 0.29) is 43.3 Å². The van der Waals surface area contributed by atoms with Gasteiger partial charge in [-0.2, -0.15) is 0 Å². The number of anilines is 2. The quantitative estimate of drug-likeness (QED) is 0.195. The number of β-lactam (4-membered cyclic amide) rings is 1. The minimum absolute atomic E-state index is 0.00738. The van der Waals surface area contributed by atoms with Crippen LogP contribution in [0.1, 0.15) is 57.4 Å². The molecule has 38 heavy (non-hydrogen) atoms. The van der Waals surface area contributed by atoms with Crippen molar-refractivity contribution in [3.05, 3.63) is 35.9 Å². The van der Waals surface area contributed by atoms with Crippen LogP contribution in [0.4, 0.5) is 11.4 Å². The van der Waals surface area contributed by atoms with Crippen molar-refractivity contribution < 1.29 is 34.1 Å². The molecule has 4 rings (SSSR count). The third-order valence-electron chi connectivity index (χ3n) is 7.94. The summed E-state index contributed by atoms with van der Waals surface area (Å²) in [7, 11) is 1.34. The van der Waals surface area contributed by atoms with Gasteiger partial charge in [0.25, 0.3) is 5.91 Å². The largest absolute Gasteiger partial charge is 0.469 e. The number of esters is 1. The number of hydrogen-bond donors (Lipinski definition) is 2. The standard InChI is InChI=1S/C28H37N3O7/c1-19(7-5-9-24(33)29-15-6-8-21(29)18-32)28(37)22-17-20(30-16-13-25(30)34)11-12-23(22)31(27(28)36)14-4-3-10-26(35)38-2/h5,7,11-12,17,19,21,32,37H,3-4,6,8-10,13-16,18H2,1-2H3/b7-5+/t19-,21+,28+/m1/s1. The van der Waals surface area contributed by atoms with E-state index in [0.717, 1.165) is 12.8 Å². The summed E-state index contributed by atoms with van der Waals surface area (Å²) in [6.07, 6.45) is 6.90. The number of hydrogen-bond acceptors (Lipinski definition) is 7. The van der Waals surface area contributed by atoms with Crippen molar-refractivity contribution in [3.63, 3.8) is 0 Å². The predicted octanol–water partition coefficient (Wildman–Crippen LogP) is 1.87. The Morgan fingerprint density at radius 2 is 2.03 bits per heavy atom. The van der Waals surface area contributed by atoms with Crippen LogP contribution in [0, 0.1) is 5.92 Å². The summed E-state index contributed by atoms with van der Waals surface area (Å²) in [6, 6.07) is 5.10. The number of fused-ring (bicyclic) bond motifs is 1. The molecule has 1 aromatic rings. The normalized spacial score (nSPS) is 23.7. The number of methoxy groups -OCH3 is 1. The molecule has 2 N–H and O–H groups in total. The van der Waals surface area contributed by atoms with Crippen LogP contribution < -0.4 is 9.80 Å². The molecule has 10 heteroatoms. The third kappa shape index (κ3) is 5.19. The smallest absolute Gasteiger partial charge is 0.305 e. The fraction of sp³-hybridized carbons (Fsp3) is 0.571. The zero-order valence-electron chi connectivity index (χ0n) is 22.1. The fourth-order valence-electron chi connectivity index (χ4n) is 5.54. The lowest BCUT2D eigenvalue weighted by molar-refractivity contribution is -0.140. The highest BCUT2D eigenvalue weighted by molar-refractivity contribution is 6.08. The van der Waals surface area contributed by atoms with Gasteiger partial charge in [-0.1, -0.05) is 19.1 Å². The molecule has 3 amide bonds. The fourth-order valence-corrected chi connectivity index (χ4v) is 5.54. The number of rotatable bonds is 11. The van der Waals surface area contributed by atoms with Crippen LogP contribution in [0.5, 0.6) is 0 Å². The first-order valence-electron chi connectivity index (χ1n) is 13.3. The summed E-state index contributed by atoms with van der Waals surface area (Å²) in [4.78, 5) is 54.7. The Hall–Kier alpha value is -3.24. The van der Waals surface area contributed by atoms with Crippen LogP contribution in [0.3, 0.4) is 0 Å². The first kappa shape index (κ1) is 27.8. The van der Waals surface area contributed by atoms with E-state index in [4.69, 9.17) is 0 Å². The highest BCUT2D eigenvalue weighted by atomic mass is 16.5. The van der Waals surface area contributed by atoms with E-state index < -0.39 is 17.4 Å². The van der Waals surface area contributed by atoms with Gasteiger partial charge in [-0.05, 0) is 43.9 Å². The molecule has 3 aliphatic rings. The Morgan fingerprint density at radius 1 is 1.24 bits per heavy atom. The van der Waals surface area contributed by atoms with Crippen LogP contribution in [-0.2, 0) is 29.5 Å². The number of benzene rings is 1. The number of nitrogens with zero attached hydrogens (tertiary/aromatic N) is 3. The summed E-state index contributed by atoms with van der Waals surface area (Å²) in [5.41, 5.74) is -0.237. The maximum absolute atomic E-state index is 13.7. The molecule has 0 spiro atoms. The van der Waals surface area contributed by atoms with E-state index in [0.29, 0.717) is 55.8 Å². The molecule has 10 nitrogen and oxygen atoms in total. The summed E-state index contributed by atoms with van der Waals surface area (Å²) >= 11 is 0. The van der Waals surface area contributed by atoms with E-state index in [2.05, 4.69) is 4.74 Å². The van der Waals surface area contributed by atoms with Crippen LogP contribution in [0.2, 0.25) is 0 Å². The Kier molecular flexibility index (Phi) is 8.52. The second-order valence-electron chi connectivity index (χ2n) is 10.2. The molecule has 2 fully saturated rings. The number of carbonyl (C=O) groups excluding carboxylic acids is 4. The van der Waals surface area contributed by atoms with Crippen molar-refractivity contribution in [3.8, 4) is 0 Å². The maximum atomic E-state index is 13.7. The maximum Gasteiger partial charge on any atom is 0.305 e. The van der Waals surface area contributed by atoms with Gasteiger partial charge < -0.3 is 29.6 Å². The molecular weight excluding hydrogens is 490 g/mol. The Bertz CT molecular complexity index is 1120. The molecule has 0 aromatic heterocycles. The average Bonchev–Trinajstić information content (AvgIpc) is 3.47. The Labute approximate surface area is 222 Å². The van der Waals surface area contributed by atoms with E-state index >= 15 is 0 Å². The average molecular weight is 528 g/mol. The van der Waals surface area contributed by atoms with Gasteiger partial charge in [0, 0.05) is 56.1 Å². The highest BCUT2D eigenvalue weighted by Crippen LogP contribution is 2.47. The van der Waals surface area contributed by atoms with Crippen molar-refractivity contribution >= 4 is 35.1 Å². The minimum atomic E-state index is -1.87. The molecule has 0 aliphatic carbocycles. The minimum Gasteiger partial charge on any atom is -0.469 e. The number of likely N-dealkylation sites (tertiary alicyclic amines) is 1. The van der Waals surface area contributed by atoms with Gasteiger partial charge in [-0.3, -0.25) is 19.2 Å². The molecule has 206 valence electrons. The van der Waals surface area contributed by atoms with Crippen LogP contribution in [0.25, 0.3) is 0 Å². The van der Waals surface area contributed by atoms with Gasteiger partial charge in [0.05, 0.1) is 25.4 Å². The molecule has 0 saturated carbocycles. The highest BCUT2D eigenvalue weighted by Gasteiger charge is 2.52. The lowest BCUT2D eigenvalue weighted by atomic mass is 9.82. The molecule has 0 unspecified atom stereocenters. The molecule has 0 radical (unpaired) electrons. The second kappa shape index (κ2) is 11.7. The van der Waals surface area contributed by atoms with Gasteiger partial charge in [0.2, 0.25) is 11.8 Å². The van der Waals surface area contributed by atoms with E-state index in [9.17, 15) is 29.4 Å². The SMILES string of the molecule is COC(=O)CCCCN1C(=O)[C@](O)([C@H](C)/C=C/CC(=O)N2CCC[C@H]2CO)c2cc(N3CCC3=O)ccc21. The van der Waals surface area contributed by atoms with Crippen molar-refractivity contribution in [2.45, 2.75) is 63.5 Å². The predicted molar refractivity (Wildman–Crippen MR) is 140 cm³/mol. The molecular formula is C28H37N3O7. The molecule has 1 aromatic carbocycles. The Balaban J connectivity index is 1.54. The van der Waals surface area contributed by atoms with Gasteiger partial charge >= 0.3 is 5.97 Å². The second-order valence-corrected chi connectivity index (χ2v) is 10.2. The molecule has 3 atom stereocenters. The first-order chi connectivity index (χ1) is 18.2. The molecule has 3 aliphatic heterocycles. The zero-order valence-corrected chi connectivity index (χ0v) is 22.1. The molecule has 2 saturated heterocycles. The van der Waals surface area contributed by atoms with Crippen molar-refractivity contribution in [1.82, 2.24) is 4.90 Å². The van der Waals surface area contributed by atoms with Gasteiger partial charge in [0.1, 0.15) is 0 Å². The number of carbonyl (C=O) groups is 4. The zero-order chi connectivity index (χ0) is 27.4. The summed E-state index contributed by atoms with van der Waals surface area (Å²) in [5.74, 6) is -1.55. The summed E-state index contributed by atoms with van der Waals surface area (Å²) in [6.45, 7) is 3.20. The lowest BCUT2D eigenvalue weighted by Gasteiger charge is -2.32. The number of aliphatic hydroxyl groups is 2. The number of amides is 3. The van der Waals surface area contributed by atoms with E-state index in [1.165, 1.54) is 7.11 Å². The van der Waals surface area contributed by atoms with Crippen molar-refractivity contribution in [2.75, 3.05) is 43.2 Å². The molecule has 3 heterocycles. The van der Waals surface area contributed by atoms with Crippen LogP contribution in [-0.4, -0.2) is 78.2 Å². The Morgan fingerprint density at radius 3 is 2.68 bits per heavy atom. The van der Waals surface area contributed by atoms with Crippen LogP contribution in [0.15, 0.2) is 30.4 Å². The van der Waals surface area contributed by atoms with E-state index in [1.807, 2.05) is 0 Å². The van der Waals surface area contributed by atoms with Crippen LogP contribution >= 0.6 is 0 Å². The summed E-state index contributed by atoms with van der Waals surface area (Å²) in [5, 5.41) is 21.4. The number of unbranched alkanes of at least 4 members (excludes halogenated alkanes) is 1. The third-order valence-corrected chi connectivity index (χ3v) is 7.94. The topological polar surface area (TPSA) is 128 Å². The van der Waals surface area contributed by atoms with Crippen molar-refractivity contribution in [2.24, 2.45) is 5.92 Å². The van der Waals surface area contributed by atoms with Gasteiger partial charge in [-0.25, -0.2) is 0 Å². The molecule has 0 bridgehead atoms. The van der Waals surface area contributed by atoms with E-state index in [1.54, 1.807) is 52.0 Å².